The SMILES string of the molecule is COc1cccc(-c2cc3ccc(O)c(CN4CCCC4C(=O)O)c3oc2=O)c1. The number of benzene rings is 2. The highest BCUT2D eigenvalue weighted by Crippen LogP contribution is 2.32. The van der Waals surface area contributed by atoms with Crippen molar-refractivity contribution >= 4 is 16.9 Å². The van der Waals surface area contributed by atoms with Crippen molar-refractivity contribution in [2.75, 3.05) is 13.7 Å². The monoisotopic (exact) mass is 395 g/mol. The number of aliphatic carboxylic acids is 1. The van der Waals surface area contributed by atoms with Gasteiger partial charge >= 0.3 is 11.6 Å². The minimum atomic E-state index is -0.885. The van der Waals surface area contributed by atoms with E-state index in [1.807, 2.05) is 0 Å². The molecule has 0 aliphatic carbocycles. The van der Waals surface area contributed by atoms with Crippen molar-refractivity contribution in [2.45, 2.75) is 25.4 Å². The molecule has 7 nitrogen and oxygen atoms in total. The Hall–Kier alpha value is -3.32. The highest BCUT2D eigenvalue weighted by Gasteiger charge is 2.31. The zero-order valence-electron chi connectivity index (χ0n) is 15.9. The van der Waals surface area contributed by atoms with Gasteiger partial charge in [-0.25, -0.2) is 4.79 Å². The Labute approximate surface area is 166 Å². The van der Waals surface area contributed by atoms with Crippen molar-refractivity contribution in [3.05, 3.63) is 58.4 Å². The summed E-state index contributed by atoms with van der Waals surface area (Å²) in [6.45, 7) is 0.806. The van der Waals surface area contributed by atoms with Crippen molar-refractivity contribution < 1.29 is 24.2 Å². The number of aromatic hydroxyl groups is 1. The van der Waals surface area contributed by atoms with Gasteiger partial charge in [0.25, 0.3) is 0 Å². The van der Waals surface area contributed by atoms with Gasteiger partial charge in [-0.15, -0.1) is 0 Å². The van der Waals surface area contributed by atoms with Crippen LogP contribution >= 0.6 is 0 Å². The Morgan fingerprint density at radius 3 is 2.86 bits per heavy atom. The van der Waals surface area contributed by atoms with Crippen LogP contribution in [0.3, 0.4) is 0 Å². The van der Waals surface area contributed by atoms with Crippen LogP contribution < -0.4 is 10.4 Å². The molecule has 150 valence electrons. The molecule has 1 saturated heterocycles. The number of likely N-dealkylation sites (tertiary alicyclic amines) is 1. The maximum absolute atomic E-state index is 12.7. The molecule has 0 spiro atoms. The number of carboxylic acid groups (broad SMARTS) is 1. The Balaban J connectivity index is 1.79. The topological polar surface area (TPSA) is 100 Å². The van der Waals surface area contributed by atoms with Gasteiger partial charge in [0, 0.05) is 11.9 Å². The van der Waals surface area contributed by atoms with Gasteiger partial charge in [0.05, 0.1) is 18.2 Å². The predicted molar refractivity (Wildman–Crippen MR) is 107 cm³/mol. The van der Waals surface area contributed by atoms with Crippen LogP contribution in [0.2, 0.25) is 0 Å². The summed E-state index contributed by atoms with van der Waals surface area (Å²) < 4.78 is 10.8. The van der Waals surface area contributed by atoms with Gasteiger partial charge in [-0.2, -0.15) is 0 Å². The number of fused-ring (bicyclic) bond motifs is 1. The first kappa shape index (κ1) is 19.0. The molecule has 7 heteroatoms. The van der Waals surface area contributed by atoms with E-state index < -0.39 is 17.6 Å². The molecule has 1 aliphatic rings. The van der Waals surface area contributed by atoms with E-state index in [1.165, 1.54) is 0 Å². The highest BCUT2D eigenvalue weighted by molar-refractivity contribution is 5.86. The maximum Gasteiger partial charge on any atom is 0.344 e. The number of nitrogens with zero attached hydrogens (tertiary/aromatic N) is 1. The number of rotatable bonds is 5. The lowest BCUT2D eigenvalue weighted by molar-refractivity contribution is -0.142. The summed E-state index contributed by atoms with van der Waals surface area (Å²) >= 11 is 0. The van der Waals surface area contributed by atoms with Crippen LogP contribution in [0, 0.1) is 0 Å². The van der Waals surface area contributed by atoms with Crippen LogP contribution in [-0.2, 0) is 11.3 Å². The summed E-state index contributed by atoms with van der Waals surface area (Å²) in [5, 5.41) is 20.4. The van der Waals surface area contributed by atoms with E-state index in [1.54, 1.807) is 54.5 Å². The largest absolute Gasteiger partial charge is 0.507 e. The van der Waals surface area contributed by atoms with E-state index >= 15 is 0 Å². The summed E-state index contributed by atoms with van der Waals surface area (Å²) in [5.74, 6) is -0.281. The molecule has 2 heterocycles. The number of phenols is 1. The van der Waals surface area contributed by atoms with Crippen LogP contribution in [0.1, 0.15) is 18.4 Å². The van der Waals surface area contributed by atoms with Crippen LogP contribution in [0.4, 0.5) is 0 Å². The molecule has 1 atom stereocenters. The van der Waals surface area contributed by atoms with Gasteiger partial charge < -0.3 is 19.4 Å². The minimum Gasteiger partial charge on any atom is -0.507 e. The molecule has 1 aromatic heterocycles. The van der Waals surface area contributed by atoms with Crippen molar-refractivity contribution in [3.8, 4) is 22.6 Å². The maximum atomic E-state index is 12.7. The van der Waals surface area contributed by atoms with Gasteiger partial charge in [-0.1, -0.05) is 12.1 Å². The summed E-state index contributed by atoms with van der Waals surface area (Å²) in [7, 11) is 1.56. The summed E-state index contributed by atoms with van der Waals surface area (Å²) in [6, 6.07) is 11.5. The first-order valence-corrected chi connectivity index (χ1v) is 9.38. The standard InChI is InChI=1S/C22H21NO6/c1-28-15-5-2-4-13(10-15)16-11-14-7-8-19(24)17(20(14)29-22(16)27)12-23-9-3-6-18(23)21(25)26/h2,4-5,7-8,10-11,18,24H,3,6,9,12H2,1H3,(H,25,26). The second kappa shape index (κ2) is 7.60. The molecule has 1 aliphatic heterocycles. The molecule has 29 heavy (non-hydrogen) atoms. The van der Waals surface area contributed by atoms with Gasteiger partial charge in [0.2, 0.25) is 0 Å². The van der Waals surface area contributed by atoms with Gasteiger partial charge in [0.15, 0.2) is 0 Å². The fourth-order valence-electron chi connectivity index (χ4n) is 3.87. The zero-order valence-corrected chi connectivity index (χ0v) is 15.9. The third-order valence-corrected chi connectivity index (χ3v) is 5.37. The van der Waals surface area contributed by atoms with Crippen LogP contribution in [0.25, 0.3) is 22.1 Å². The van der Waals surface area contributed by atoms with Gasteiger partial charge in [-0.05, 0) is 55.3 Å². The van der Waals surface area contributed by atoms with E-state index in [0.717, 1.165) is 6.42 Å². The first-order chi connectivity index (χ1) is 14.0. The van der Waals surface area contributed by atoms with E-state index in [9.17, 15) is 19.8 Å². The molecule has 0 amide bonds. The number of ether oxygens (including phenoxy) is 1. The van der Waals surface area contributed by atoms with E-state index in [2.05, 4.69) is 0 Å². The highest BCUT2D eigenvalue weighted by atomic mass is 16.5. The molecule has 2 N–H and O–H groups in total. The summed E-state index contributed by atoms with van der Waals surface area (Å²) in [4.78, 5) is 26.0. The van der Waals surface area contributed by atoms with Gasteiger partial charge in [-0.3, -0.25) is 9.69 Å². The third-order valence-electron chi connectivity index (χ3n) is 5.37. The first-order valence-electron chi connectivity index (χ1n) is 9.38. The number of carboxylic acids is 1. The molecule has 4 rings (SSSR count). The molecule has 2 aromatic carbocycles. The van der Waals surface area contributed by atoms with Crippen LogP contribution in [-0.4, -0.2) is 40.8 Å². The normalized spacial score (nSPS) is 16.9. The molecule has 0 saturated carbocycles. The zero-order chi connectivity index (χ0) is 20.5. The minimum absolute atomic E-state index is 0.0224. The molecule has 0 radical (unpaired) electrons. The number of methoxy groups -OCH3 is 1. The Kier molecular flexibility index (Phi) is 4.98. The average molecular weight is 395 g/mol. The van der Waals surface area contributed by atoms with Crippen LogP contribution in [0.5, 0.6) is 11.5 Å². The van der Waals surface area contributed by atoms with Crippen molar-refractivity contribution in [1.29, 1.82) is 0 Å². The molecular weight excluding hydrogens is 374 g/mol. The second-order valence-corrected chi connectivity index (χ2v) is 7.13. The van der Waals surface area contributed by atoms with E-state index in [4.69, 9.17) is 9.15 Å². The Morgan fingerprint density at radius 2 is 2.10 bits per heavy atom. The fourth-order valence-corrected chi connectivity index (χ4v) is 3.87. The van der Waals surface area contributed by atoms with E-state index in [-0.39, 0.29) is 17.9 Å². The number of hydrogen-bond acceptors (Lipinski definition) is 6. The smallest absolute Gasteiger partial charge is 0.344 e. The number of hydrogen-bond donors (Lipinski definition) is 2. The summed E-state index contributed by atoms with van der Waals surface area (Å²) in [6.07, 6.45) is 1.33. The van der Waals surface area contributed by atoms with Crippen molar-refractivity contribution in [3.63, 3.8) is 0 Å². The fraction of sp³-hybridized carbons (Fsp3) is 0.273. The summed E-state index contributed by atoms with van der Waals surface area (Å²) in [5.41, 5.74) is 1.22. The number of phenolic OH excluding ortho intramolecular Hbond substituents is 1. The lowest BCUT2D eigenvalue weighted by atomic mass is 10.0. The van der Waals surface area contributed by atoms with Crippen molar-refractivity contribution in [1.82, 2.24) is 4.90 Å². The van der Waals surface area contributed by atoms with Crippen LogP contribution in [0.15, 0.2) is 51.7 Å². The molecule has 0 bridgehead atoms. The Morgan fingerprint density at radius 1 is 1.28 bits per heavy atom. The Bertz CT molecular complexity index is 1140. The van der Waals surface area contributed by atoms with Gasteiger partial charge in [0.1, 0.15) is 23.1 Å². The average Bonchev–Trinajstić information content (AvgIpc) is 3.18. The molecule has 1 unspecified atom stereocenters. The van der Waals surface area contributed by atoms with E-state index in [0.29, 0.717) is 40.8 Å². The lowest BCUT2D eigenvalue weighted by Gasteiger charge is -2.22. The molecule has 3 aromatic rings. The third kappa shape index (κ3) is 3.56. The molecule has 1 fully saturated rings. The van der Waals surface area contributed by atoms with Crippen molar-refractivity contribution in [2.24, 2.45) is 0 Å². The quantitative estimate of drug-likeness (QED) is 0.640. The lowest BCUT2D eigenvalue weighted by Crippen LogP contribution is -2.35. The number of carbonyl (C=O) groups is 1. The predicted octanol–water partition coefficient (Wildman–Crippen LogP) is 3.22. The second-order valence-electron chi connectivity index (χ2n) is 7.13. The molecular formula is C22H21NO6.